The quantitative estimate of drug-likeness (QED) is 0.628. The van der Waals surface area contributed by atoms with E-state index in [1.54, 1.807) is 0 Å². The van der Waals surface area contributed by atoms with Crippen LogP contribution >= 0.6 is 0 Å². The number of benzene rings is 2. The van der Waals surface area contributed by atoms with Crippen LogP contribution in [0.25, 0.3) is 0 Å². The number of rotatable bonds is 9. The van der Waals surface area contributed by atoms with Crippen molar-refractivity contribution in [3.05, 3.63) is 65.2 Å². The summed E-state index contributed by atoms with van der Waals surface area (Å²) >= 11 is 0. The van der Waals surface area contributed by atoms with Crippen molar-refractivity contribution in [2.45, 2.75) is 38.6 Å². The maximum absolute atomic E-state index is 12.6. The third-order valence-electron chi connectivity index (χ3n) is 4.89. The maximum Gasteiger partial charge on any atom is 0.416 e. The summed E-state index contributed by atoms with van der Waals surface area (Å²) in [6.07, 6.45) is -1.74. The molecule has 29 heavy (non-hydrogen) atoms. The molecule has 7 heteroatoms. The largest absolute Gasteiger partial charge is 0.489 e. The van der Waals surface area contributed by atoms with E-state index in [0.717, 1.165) is 56.7 Å². The molecule has 4 nitrogen and oxygen atoms in total. The zero-order chi connectivity index (χ0) is 20.7. The van der Waals surface area contributed by atoms with Crippen molar-refractivity contribution in [1.82, 2.24) is 10.2 Å². The molecule has 1 heterocycles. The first-order chi connectivity index (χ1) is 13.9. The zero-order valence-corrected chi connectivity index (χ0v) is 16.2. The number of hydrogen-bond donors (Lipinski definition) is 1. The number of nitrogens with zero attached hydrogens (tertiary/aromatic N) is 1. The standard InChI is InChI=1S/C22H25F3N2O2/c23-22(24,25)19-8-4-18(5-9-19)16-29-20-10-6-17(7-11-20)15-26-12-2-14-27-13-1-3-21(27)28/h4-11,26H,1-3,12-16H2. The van der Waals surface area contributed by atoms with E-state index < -0.39 is 11.7 Å². The van der Waals surface area contributed by atoms with E-state index in [4.69, 9.17) is 4.74 Å². The highest BCUT2D eigenvalue weighted by molar-refractivity contribution is 5.77. The van der Waals surface area contributed by atoms with E-state index >= 15 is 0 Å². The van der Waals surface area contributed by atoms with Crippen LogP contribution in [0.4, 0.5) is 13.2 Å². The molecule has 2 aromatic carbocycles. The van der Waals surface area contributed by atoms with Gasteiger partial charge in [-0.1, -0.05) is 24.3 Å². The molecule has 156 valence electrons. The van der Waals surface area contributed by atoms with Crippen LogP contribution in [-0.2, 0) is 24.1 Å². The molecule has 3 rings (SSSR count). The Hall–Kier alpha value is -2.54. The molecule has 0 radical (unpaired) electrons. The maximum atomic E-state index is 12.6. The topological polar surface area (TPSA) is 41.6 Å². The summed E-state index contributed by atoms with van der Waals surface area (Å²) in [5, 5.41) is 3.36. The van der Waals surface area contributed by atoms with Crippen LogP contribution in [0.15, 0.2) is 48.5 Å². The number of carbonyl (C=O) groups excluding carboxylic acids is 1. The van der Waals surface area contributed by atoms with Gasteiger partial charge in [0.15, 0.2) is 0 Å². The van der Waals surface area contributed by atoms with Gasteiger partial charge in [-0.25, -0.2) is 0 Å². The van der Waals surface area contributed by atoms with E-state index in [9.17, 15) is 18.0 Å². The Morgan fingerprint density at radius 3 is 2.31 bits per heavy atom. The summed E-state index contributed by atoms with van der Waals surface area (Å²) in [4.78, 5) is 13.5. The summed E-state index contributed by atoms with van der Waals surface area (Å²) in [6, 6.07) is 12.6. The lowest BCUT2D eigenvalue weighted by molar-refractivity contribution is -0.137. The lowest BCUT2D eigenvalue weighted by Crippen LogP contribution is -2.28. The molecule has 1 aliphatic rings. The molecule has 1 saturated heterocycles. The second-order valence-corrected chi connectivity index (χ2v) is 7.14. The molecule has 0 aliphatic carbocycles. The minimum Gasteiger partial charge on any atom is -0.489 e. The Balaban J connectivity index is 1.36. The molecule has 0 bridgehead atoms. The molecule has 1 amide bonds. The van der Waals surface area contributed by atoms with E-state index in [0.29, 0.717) is 17.7 Å². The fourth-order valence-electron chi connectivity index (χ4n) is 3.23. The van der Waals surface area contributed by atoms with E-state index in [1.807, 2.05) is 29.2 Å². The first-order valence-electron chi connectivity index (χ1n) is 9.78. The summed E-state index contributed by atoms with van der Waals surface area (Å²) in [5.74, 6) is 0.929. The van der Waals surface area contributed by atoms with Crippen molar-refractivity contribution in [3.63, 3.8) is 0 Å². The van der Waals surface area contributed by atoms with Crippen molar-refractivity contribution >= 4 is 5.91 Å². The van der Waals surface area contributed by atoms with Crippen LogP contribution in [0.3, 0.4) is 0 Å². The van der Waals surface area contributed by atoms with Crippen LogP contribution in [-0.4, -0.2) is 30.4 Å². The van der Waals surface area contributed by atoms with Gasteiger partial charge in [-0.15, -0.1) is 0 Å². The molecule has 0 aromatic heterocycles. The number of nitrogens with one attached hydrogen (secondary N) is 1. The van der Waals surface area contributed by atoms with Gasteiger partial charge in [0.1, 0.15) is 12.4 Å². The smallest absolute Gasteiger partial charge is 0.416 e. The highest BCUT2D eigenvalue weighted by Crippen LogP contribution is 2.29. The van der Waals surface area contributed by atoms with Crippen LogP contribution in [0.1, 0.15) is 36.0 Å². The average molecular weight is 406 g/mol. The summed E-state index contributed by atoms with van der Waals surface area (Å²) in [5.41, 5.74) is 1.13. The predicted molar refractivity (Wildman–Crippen MR) is 104 cm³/mol. The number of hydrogen-bond acceptors (Lipinski definition) is 3. The Labute approximate surface area is 168 Å². The van der Waals surface area contributed by atoms with Crippen molar-refractivity contribution in [2.24, 2.45) is 0 Å². The highest BCUT2D eigenvalue weighted by atomic mass is 19.4. The van der Waals surface area contributed by atoms with Crippen molar-refractivity contribution in [2.75, 3.05) is 19.6 Å². The molecule has 0 saturated carbocycles. The molecule has 1 N–H and O–H groups in total. The minimum absolute atomic E-state index is 0.213. The van der Waals surface area contributed by atoms with Gasteiger partial charge in [0, 0.05) is 26.1 Å². The third kappa shape index (κ3) is 6.49. The van der Waals surface area contributed by atoms with Gasteiger partial charge in [-0.2, -0.15) is 13.2 Å². The van der Waals surface area contributed by atoms with Gasteiger partial charge in [0.2, 0.25) is 5.91 Å². The van der Waals surface area contributed by atoms with Crippen molar-refractivity contribution in [1.29, 1.82) is 0 Å². The average Bonchev–Trinajstić information content (AvgIpc) is 3.11. The van der Waals surface area contributed by atoms with E-state index in [1.165, 1.54) is 12.1 Å². The number of halogens is 3. The van der Waals surface area contributed by atoms with Crippen LogP contribution in [0.5, 0.6) is 5.75 Å². The summed E-state index contributed by atoms with van der Waals surface area (Å²) in [6.45, 7) is 3.48. The molecule has 0 atom stereocenters. The van der Waals surface area contributed by atoms with Crippen LogP contribution < -0.4 is 10.1 Å². The first-order valence-corrected chi connectivity index (χ1v) is 9.78. The molecule has 0 unspecified atom stereocenters. The Kier molecular flexibility index (Phi) is 7.14. The van der Waals surface area contributed by atoms with Crippen molar-refractivity contribution < 1.29 is 22.7 Å². The second-order valence-electron chi connectivity index (χ2n) is 7.14. The number of amides is 1. The van der Waals surface area contributed by atoms with Gasteiger partial charge in [0.25, 0.3) is 0 Å². The molecule has 1 aliphatic heterocycles. The van der Waals surface area contributed by atoms with E-state index in [2.05, 4.69) is 5.32 Å². The van der Waals surface area contributed by atoms with E-state index in [-0.39, 0.29) is 12.5 Å². The number of alkyl halides is 3. The van der Waals surface area contributed by atoms with Crippen LogP contribution in [0.2, 0.25) is 0 Å². The summed E-state index contributed by atoms with van der Waals surface area (Å²) in [7, 11) is 0. The number of ether oxygens (including phenoxy) is 1. The normalized spacial score (nSPS) is 14.4. The molecule has 0 spiro atoms. The number of likely N-dealkylation sites (tertiary alicyclic amines) is 1. The first kappa shape index (κ1) is 21.2. The lowest BCUT2D eigenvalue weighted by atomic mass is 10.1. The fourth-order valence-corrected chi connectivity index (χ4v) is 3.23. The molecular weight excluding hydrogens is 381 g/mol. The summed E-state index contributed by atoms with van der Waals surface area (Å²) < 4.78 is 43.4. The van der Waals surface area contributed by atoms with Gasteiger partial charge >= 0.3 is 6.18 Å². The highest BCUT2D eigenvalue weighted by Gasteiger charge is 2.29. The van der Waals surface area contributed by atoms with Crippen molar-refractivity contribution in [3.8, 4) is 5.75 Å². The molecular formula is C22H25F3N2O2. The Morgan fingerprint density at radius 1 is 1.00 bits per heavy atom. The minimum atomic E-state index is -4.32. The van der Waals surface area contributed by atoms with Gasteiger partial charge in [-0.3, -0.25) is 4.79 Å². The lowest BCUT2D eigenvalue weighted by Gasteiger charge is -2.15. The fraction of sp³-hybridized carbons (Fsp3) is 0.409. The molecule has 1 fully saturated rings. The van der Waals surface area contributed by atoms with Crippen LogP contribution in [0, 0.1) is 0 Å². The predicted octanol–water partition coefficient (Wildman–Crippen LogP) is 4.39. The zero-order valence-electron chi connectivity index (χ0n) is 16.2. The van der Waals surface area contributed by atoms with Gasteiger partial charge < -0.3 is 15.0 Å². The SMILES string of the molecule is O=C1CCCN1CCCNCc1ccc(OCc2ccc(C(F)(F)F)cc2)cc1. The monoisotopic (exact) mass is 406 g/mol. The molecule has 2 aromatic rings. The Bertz CT molecular complexity index is 789. The van der Waals surface area contributed by atoms with Gasteiger partial charge in [-0.05, 0) is 54.8 Å². The second kappa shape index (κ2) is 9.78. The third-order valence-corrected chi connectivity index (χ3v) is 4.89. The number of carbonyl (C=O) groups is 1. The Morgan fingerprint density at radius 2 is 1.69 bits per heavy atom. The van der Waals surface area contributed by atoms with Gasteiger partial charge in [0.05, 0.1) is 5.56 Å².